The van der Waals surface area contributed by atoms with Crippen LogP contribution in [0, 0.1) is 5.82 Å². The van der Waals surface area contributed by atoms with Crippen molar-refractivity contribution in [3.8, 4) is 11.5 Å². The van der Waals surface area contributed by atoms with E-state index in [2.05, 4.69) is 4.99 Å². The Hall–Kier alpha value is -2.91. The first kappa shape index (κ1) is 19.8. The first-order valence-electron chi connectivity index (χ1n) is 7.72. The Bertz CT molecular complexity index is 1130. The van der Waals surface area contributed by atoms with Crippen molar-refractivity contribution in [2.45, 2.75) is 0 Å². The van der Waals surface area contributed by atoms with Gasteiger partial charge in [0, 0.05) is 0 Å². The van der Waals surface area contributed by atoms with Crippen molar-refractivity contribution >= 4 is 39.7 Å². The zero-order chi connectivity index (χ0) is 20.5. The maximum absolute atomic E-state index is 13.9. The fourth-order valence-electron chi connectivity index (χ4n) is 2.37. The zero-order valence-corrected chi connectivity index (χ0v) is 16.2. The molecule has 0 atom stereocenters. The first-order valence-corrected chi connectivity index (χ1v) is 9.92. The molecule has 0 radical (unpaired) electrons. The molecule has 0 amide bonds. The Morgan fingerprint density at radius 1 is 1.25 bits per heavy atom. The van der Waals surface area contributed by atoms with Crippen LogP contribution in [0.1, 0.15) is 11.1 Å². The summed E-state index contributed by atoms with van der Waals surface area (Å²) < 4.78 is 51.6. The van der Waals surface area contributed by atoms with Gasteiger partial charge >= 0.3 is 16.1 Å². The van der Waals surface area contributed by atoms with Gasteiger partial charge in [0.25, 0.3) is 0 Å². The van der Waals surface area contributed by atoms with Gasteiger partial charge in [-0.15, -0.1) is 0 Å². The molecule has 0 spiro atoms. The van der Waals surface area contributed by atoms with Crippen molar-refractivity contribution in [3.63, 3.8) is 0 Å². The molecule has 0 N–H and O–H groups in total. The van der Waals surface area contributed by atoms with Gasteiger partial charge in [0.05, 0.1) is 24.0 Å². The van der Waals surface area contributed by atoms with E-state index in [9.17, 15) is 17.6 Å². The number of carbonyl (C=O) groups is 1. The van der Waals surface area contributed by atoms with Crippen LogP contribution < -0.4 is 8.92 Å². The summed E-state index contributed by atoms with van der Waals surface area (Å²) in [6.45, 7) is 0. The van der Waals surface area contributed by atoms with Crippen LogP contribution in [0.3, 0.4) is 0 Å². The molecule has 1 aliphatic rings. The van der Waals surface area contributed by atoms with Gasteiger partial charge in [0.1, 0.15) is 5.82 Å². The van der Waals surface area contributed by atoms with Crippen molar-refractivity contribution in [1.82, 2.24) is 0 Å². The minimum absolute atomic E-state index is 0.0365. The van der Waals surface area contributed by atoms with Crippen LogP contribution in [0.25, 0.3) is 6.08 Å². The number of hydrogen-bond acceptors (Lipinski definition) is 7. The fourth-order valence-corrected chi connectivity index (χ4v) is 3.15. The lowest BCUT2D eigenvalue weighted by atomic mass is 10.1. The molecule has 0 fully saturated rings. The average molecular weight is 426 g/mol. The molecule has 146 valence electrons. The highest BCUT2D eigenvalue weighted by Gasteiger charge is 2.26. The molecular formula is C18H13ClFNO6S. The number of aliphatic imine (C=N–C) groups is 1. The SMILES string of the molecule is COc1cc(/C=C2/N=C(c3ccccc3F)OC2=O)cc(Cl)c1OS(C)(=O)=O. The summed E-state index contributed by atoms with van der Waals surface area (Å²) in [5.41, 5.74) is 0.327. The maximum Gasteiger partial charge on any atom is 0.363 e. The lowest BCUT2D eigenvalue weighted by Crippen LogP contribution is -2.07. The summed E-state index contributed by atoms with van der Waals surface area (Å²) in [6.07, 6.45) is 2.21. The number of esters is 1. The van der Waals surface area contributed by atoms with Crippen molar-refractivity contribution in [3.05, 3.63) is 64.1 Å². The monoisotopic (exact) mass is 425 g/mol. The van der Waals surface area contributed by atoms with Crippen LogP contribution in [0.2, 0.25) is 5.02 Å². The van der Waals surface area contributed by atoms with Crippen LogP contribution in [-0.4, -0.2) is 33.7 Å². The van der Waals surface area contributed by atoms with Crippen LogP contribution in [0.5, 0.6) is 11.5 Å². The van der Waals surface area contributed by atoms with E-state index in [1.807, 2.05) is 0 Å². The molecule has 0 saturated carbocycles. The lowest BCUT2D eigenvalue weighted by Gasteiger charge is -2.11. The fraction of sp³-hybridized carbons (Fsp3) is 0.111. The minimum Gasteiger partial charge on any atom is -0.493 e. The molecule has 3 rings (SSSR count). The van der Waals surface area contributed by atoms with Gasteiger partial charge in [0.2, 0.25) is 11.6 Å². The van der Waals surface area contributed by atoms with E-state index in [-0.39, 0.29) is 33.7 Å². The van der Waals surface area contributed by atoms with Gasteiger partial charge in [-0.25, -0.2) is 14.2 Å². The van der Waals surface area contributed by atoms with Gasteiger partial charge in [-0.3, -0.25) is 0 Å². The summed E-state index contributed by atoms with van der Waals surface area (Å²) in [4.78, 5) is 16.1. The van der Waals surface area contributed by atoms with E-state index in [0.29, 0.717) is 5.56 Å². The Morgan fingerprint density at radius 3 is 2.61 bits per heavy atom. The number of hydrogen-bond donors (Lipinski definition) is 0. The number of nitrogens with zero attached hydrogens (tertiary/aromatic N) is 1. The molecule has 2 aromatic rings. The number of carbonyl (C=O) groups excluding carboxylic acids is 1. The molecule has 1 aliphatic heterocycles. The Kier molecular flexibility index (Phi) is 5.39. The van der Waals surface area contributed by atoms with Crippen LogP contribution in [-0.2, 0) is 19.6 Å². The second-order valence-electron chi connectivity index (χ2n) is 5.64. The summed E-state index contributed by atoms with van der Waals surface area (Å²) >= 11 is 6.09. The smallest absolute Gasteiger partial charge is 0.363 e. The molecule has 28 heavy (non-hydrogen) atoms. The molecule has 2 aromatic carbocycles. The first-order chi connectivity index (χ1) is 13.2. The standard InChI is InChI=1S/C18H13ClFNO6S/c1-25-15-9-10(7-12(19)16(15)27-28(2,23)24)8-14-18(22)26-17(21-14)11-5-3-4-6-13(11)20/h3-9H,1-2H3/b14-8+. The van der Waals surface area contributed by atoms with Crippen LogP contribution >= 0.6 is 11.6 Å². The number of methoxy groups -OCH3 is 1. The predicted molar refractivity (Wildman–Crippen MR) is 100 cm³/mol. The topological polar surface area (TPSA) is 91.3 Å². The molecule has 0 aliphatic carbocycles. The second kappa shape index (κ2) is 7.61. The largest absolute Gasteiger partial charge is 0.493 e. The quantitative estimate of drug-likeness (QED) is 0.415. The molecular weight excluding hydrogens is 413 g/mol. The van der Waals surface area contributed by atoms with E-state index in [0.717, 1.165) is 6.26 Å². The number of benzene rings is 2. The van der Waals surface area contributed by atoms with Crippen molar-refractivity contribution in [2.24, 2.45) is 4.99 Å². The van der Waals surface area contributed by atoms with Gasteiger partial charge in [-0.1, -0.05) is 23.7 Å². The third-order valence-electron chi connectivity index (χ3n) is 3.51. The highest BCUT2D eigenvalue weighted by Crippen LogP contribution is 2.38. The average Bonchev–Trinajstić information content (AvgIpc) is 2.97. The normalized spacial score (nSPS) is 15.4. The highest BCUT2D eigenvalue weighted by molar-refractivity contribution is 7.86. The number of ether oxygens (including phenoxy) is 2. The zero-order valence-electron chi connectivity index (χ0n) is 14.6. The summed E-state index contributed by atoms with van der Waals surface area (Å²) in [5, 5.41) is -0.0544. The van der Waals surface area contributed by atoms with Crippen molar-refractivity contribution in [1.29, 1.82) is 0 Å². The molecule has 10 heteroatoms. The summed E-state index contributed by atoms with van der Waals surface area (Å²) in [5.74, 6) is -1.66. The van der Waals surface area contributed by atoms with E-state index in [1.54, 1.807) is 6.07 Å². The third kappa shape index (κ3) is 4.32. The highest BCUT2D eigenvalue weighted by atomic mass is 35.5. The Morgan fingerprint density at radius 2 is 1.96 bits per heavy atom. The van der Waals surface area contributed by atoms with Gasteiger partial charge in [-0.05, 0) is 35.9 Å². The van der Waals surface area contributed by atoms with E-state index >= 15 is 0 Å². The molecule has 0 unspecified atom stereocenters. The van der Waals surface area contributed by atoms with Crippen LogP contribution in [0.4, 0.5) is 4.39 Å². The predicted octanol–water partition coefficient (Wildman–Crippen LogP) is 3.17. The second-order valence-corrected chi connectivity index (χ2v) is 7.62. The van der Waals surface area contributed by atoms with Gasteiger partial charge in [-0.2, -0.15) is 8.42 Å². The number of cyclic esters (lactones) is 1. The molecule has 0 bridgehead atoms. The van der Waals surface area contributed by atoms with Crippen molar-refractivity contribution in [2.75, 3.05) is 13.4 Å². The van der Waals surface area contributed by atoms with E-state index in [4.69, 9.17) is 25.3 Å². The molecule has 0 saturated heterocycles. The van der Waals surface area contributed by atoms with E-state index in [1.165, 1.54) is 43.5 Å². The minimum atomic E-state index is -3.83. The third-order valence-corrected chi connectivity index (χ3v) is 4.26. The van der Waals surface area contributed by atoms with Crippen LogP contribution in [0.15, 0.2) is 47.1 Å². The Balaban J connectivity index is 2.00. The van der Waals surface area contributed by atoms with E-state index < -0.39 is 21.9 Å². The lowest BCUT2D eigenvalue weighted by molar-refractivity contribution is -0.129. The van der Waals surface area contributed by atoms with Crippen molar-refractivity contribution < 1.29 is 31.3 Å². The van der Waals surface area contributed by atoms with Gasteiger partial charge in [0.15, 0.2) is 11.4 Å². The summed E-state index contributed by atoms with van der Waals surface area (Å²) in [6, 6.07) is 8.51. The molecule has 7 nitrogen and oxygen atoms in total. The van der Waals surface area contributed by atoms with Gasteiger partial charge < -0.3 is 13.7 Å². The Labute approximate surface area is 165 Å². The number of halogens is 2. The summed E-state index contributed by atoms with van der Waals surface area (Å²) in [7, 11) is -2.53. The molecule has 1 heterocycles. The maximum atomic E-state index is 13.9. The number of rotatable bonds is 5. The molecule has 0 aromatic heterocycles.